The Hall–Kier alpha value is -2.38. The second-order valence-electron chi connectivity index (χ2n) is 5.53. The lowest BCUT2D eigenvalue weighted by Gasteiger charge is -2.08. The zero-order chi connectivity index (χ0) is 18.2. The number of hydrogen-bond acceptors (Lipinski definition) is 5. The van der Waals surface area contributed by atoms with E-state index in [-0.39, 0.29) is 21.5 Å². The van der Waals surface area contributed by atoms with Crippen LogP contribution in [0.5, 0.6) is 0 Å². The van der Waals surface area contributed by atoms with Crippen molar-refractivity contribution in [1.82, 2.24) is 4.98 Å². The van der Waals surface area contributed by atoms with Crippen molar-refractivity contribution >= 4 is 27.0 Å². The third-order valence-corrected chi connectivity index (χ3v) is 5.94. The summed E-state index contributed by atoms with van der Waals surface area (Å²) in [6.07, 6.45) is 1.13. The van der Waals surface area contributed by atoms with Gasteiger partial charge in [-0.2, -0.15) is 0 Å². The van der Waals surface area contributed by atoms with Crippen molar-refractivity contribution < 1.29 is 17.6 Å². The van der Waals surface area contributed by atoms with Gasteiger partial charge in [-0.25, -0.2) is 17.8 Å². The molecule has 0 spiro atoms. The molecule has 0 saturated carbocycles. The fourth-order valence-electron chi connectivity index (χ4n) is 2.44. The van der Waals surface area contributed by atoms with Gasteiger partial charge in [0.25, 0.3) is 0 Å². The fraction of sp³-hybridized carbons (Fsp3) is 0.111. The van der Waals surface area contributed by atoms with E-state index in [4.69, 9.17) is 0 Å². The third-order valence-electron chi connectivity index (χ3n) is 3.58. The highest BCUT2D eigenvalue weighted by atomic mass is 32.2. The molecule has 3 aromatic rings. The summed E-state index contributed by atoms with van der Waals surface area (Å²) >= 11 is 1.16. The number of nitrogens with zero attached hydrogens (tertiary/aromatic N) is 1. The molecular formula is C18H14FNO3S2. The van der Waals surface area contributed by atoms with Gasteiger partial charge < -0.3 is 0 Å². The second-order valence-corrected chi connectivity index (χ2v) is 8.51. The zero-order valence-corrected chi connectivity index (χ0v) is 15.1. The molecule has 4 nitrogen and oxygen atoms in total. The Morgan fingerprint density at radius 1 is 1.08 bits per heavy atom. The van der Waals surface area contributed by atoms with Crippen LogP contribution < -0.4 is 0 Å². The molecule has 0 aliphatic heterocycles. The minimum absolute atomic E-state index is 0.138. The molecule has 0 saturated heterocycles. The molecule has 2 aromatic carbocycles. The number of rotatable bonds is 4. The first-order valence-corrected chi connectivity index (χ1v) is 10.1. The largest absolute Gasteiger partial charge is 0.292 e. The average Bonchev–Trinajstić information content (AvgIpc) is 3.00. The van der Waals surface area contributed by atoms with E-state index in [1.807, 2.05) is 0 Å². The van der Waals surface area contributed by atoms with Gasteiger partial charge in [0.15, 0.2) is 20.6 Å². The molecule has 0 N–H and O–H groups in total. The Morgan fingerprint density at radius 3 is 2.32 bits per heavy atom. The maximum Gasteiger partial charge on any atom is 0.188 e. The van der Waals surface area contributed by atoms with E-state index in [0.29, 0.717) is 21.7 Å². The normalized spacial score (nSPS) is 11.5. The molecule has 0 amide bonds. The van der Waals surface area contributed by atoms with Crippen molar-refractivity contribution in [2.45, 2.75) is 11.8 Å². The zero-order valence-electron chi connectivity index (χ0n) is 13.5. The van der Waals surface area contributed by atoms with E-state index in [0.717, 1.165) is 17.6 Å². The van der Waals surface area contributed by atoms with Gasteiger partial charge in [-0.15, -0.1) is 11.3 Å². The van der Waals surface area contributed by atoms with Crippen LogP contribution in [0.3, 0.4) is 0 Å². The maximum atomic E-state index is 13.2. The number of thiazole rings is 1. The molecule has 7 heteroatoms. The van der Waals surface area contributed by atoms with Crippen LogP contribution in [-0.4, -0.2) is 25.4 Å². The Kier molecular flexibility index (Phi) is 4.53. The van der Waals surface area contributed by atoms with E-state index in [1.54, 1.807) is 30.3 Å². The molecule has 0 radical (unpaired) electrons. The number of halogens is 1. The second kappa shape index (κ2) is 6.50. The van der Waals surface area contributed by atoms with Crippen molar-refractivity contribution in [2.24, 2.45) is 0 Å². The summed E-state index contributed by atoms with van der Waals surface area (Å²) in [7, 11) is -3.48. The van der Waals surface area contributed by atoms with Gasteiger partial charge in [-0.1, -0.05) is 30.3 Å². The average molecular weight is 375 g/mol. The number of sulfone groups is 1. The summed E-state index contributed by atoms with van der Waals surface area (Å²) < 4.78 is 37.5. The van der Waals surface area contributed by atoms with Gasteiger partial charge in [0.2, 0.25) is 0 Å². The lowest BCUT2D eigenvalue weighted by Crippen LogP contribution is -2.00. The topological polar surface area (TPSA) is 64.1 Å². The van der Waals surface area contributed by atoms with Crippen LogP contribution in [0, 0.1) is 5.82 Å². The SMILES string of the molecule is CC(=O)c1nc(-c2ccccc2S(C)(=O)=O)c(-c2ccc(F)cc2)s1. The van der Waals surface area contributed by atoms with Crippen LogP contribution in [0.2, 0.25) is 0 Å². The number of carbonyl (C=O) groups excluding carboxylic acids is 1. The Morgan fingerprint density at radius 2 is 1.72 bits per heavy atom. The molecule has 25 heavy (non-hydrogen) atoms. The Labute approximate surface area is 148 Å². The summed E-state index contributed by atoms with van der Waals surface area (Å²) in [6.45, 7) is 1.40. The highest BCUT2D eigenvalue weighted by molar-refractivity contribution is 7.90. The smallest absolute Gasteiger partial charge is 0.188 e. The lowest BCUT2D eigenvalue weighted by molar-refractivity contribution is 0.101. The first-order valence-electron chi connectivity index (χ1n) is 7.34. The highest BCUT2D eigenvalue weighted by Gasteiger charge is 2.22. The molecule has 0 aliphatic carbocycles. The summed E-state index contributed by atoms with van der Waals surface area (Å²) in [5.74, 6) is -0.588. The van der Waals surface area contributed by atoms with Gasteiger partial charge in [0.05, 0.1) is 15.5 Å². The van der Waals surface area contributed by atoms with E-state index >= 15 is 0 Å². The van der Waals surface area contributed by atoms with Crippen molar-refractivity contribution in [3.8, 4) is 21.7 Å². The maximum absolute atomic E-state index is 13.2. The first-order chi connectivity index (χ1) is 11.8. The highest BCUT2D eigenvalue weighted by Crippen LogP contribution is 2.39. The molecule has 0 bridgehead atoms. The van der Waals surface area contributed by atoms with Crippen LogP contribution in [0.15, 0.2) is 53.4 Å². The van der Waals surface area contributed by atoms with Crippen LogP contribution in [0.4, 0.5) is 4.39 Å². The van der Waals surface area contributed by atoms with E-state index in [1.165, 1.54) is 25.1 Å². The van der Waals surface area contributed by atoms with Gasteiger partial charge in [0.1, 0.15) is 5.82 Å². The number of hydrogen-bond donors (Lipinski definition) is 0. The Bertz CT molecular complexity index is 1050. The summed E-state index contributed by atoms with van der Waals surface area (Å²) in [4.78, 5) is 16.9. The fourth-order valence-corrected chi connectivity index (χ4v) is 4.31. The van der Waals surface area contributed by atoms with Crippen LogP contribution in [0.25, 0.3) is 21.7 Å². The van der Waals surface area contributed by atoms with Gasteiger partial charge in [-0.3, -0.25) is 4.79 Å². The summed E-state index contributed by atoms with van der Waals surface area (Å²) in [5.41, 5.74) is 1.50. The Balaban J connectivity index is 2.30. The minimum atomic E-state index is -3.48. The molecule has 1 aromatic heterocycles. The number of benzene rings is 2. The summed E-state index contributed by atoms with van der Waals surface area (Å²) in [6, 6.07) is 12.3. The number of carbonyl (C=O) groups is 1. The van der Waals surface area contributed by atoms with Gasteiger partial charge in [-0.05, 0) is 23.8 Å². The van der Waals surface area contributed by atoms with Gasteiger partial charge in [0, 0.05) is 18.7 Å². The standard InChI is InChI=1S/C18H14FNO3S2/c1-11(21)18-20-16(14-5-3-4-6-15(14)25(2,22)23)17(24-18)12-7-9-13(19)10-8-12/h3-10H,1-2H3. The van der Waals surface area contributed by atoms with Gasteiger partial charge >= 0.3 is 0 Å². The van der Waals surface area contributed by atoms with Crippen molar-refractivity contribution in [3.63, 3.8) is 0 Å². The molecule has 0 atom stereocenters. The van der Waals surface area contributed by atoms with E-state index < -0.39 is 9.84 Å². The quantitative estimate of drug-likeness (QED) is 0.641. The monoisotopic (exact) mass is 375 g/mol. The number of Topliss-reactive ketones (excluding diaryl/α,β-unsaturated/α-hetero) is 1. The molecule has 0 aliphatic rings. The van der Waals surface area contributed by atoms with Crippen molar-refractivity contribution in [1.29, 1.82) is 0 Å². The van der Waals surface area contributed by atoms with Crippen LogP contribution >= 0.6 is 11.3 Å². The van der Waals surface area contributed by atoms with Crippen LogP contribution in [0.1, 0.15) is 16.7 Å². The molecule has 3 rings (SSSR count). The van der Waals surface area contributed by atoms with E-state index in [9.17, 15) is 17.6 Å². The molecular weight excluding hydrogens is 361 g/mol. The van der Waals surface area contributed by atoms with Crippen molar-refractivity contribution in [2.75, 3.05) is 6.26 Å². The molecule has 0 fully saturated rings. The lowest BCUT2D eigenvalue weighted by atomic mass is 10.1. The minimum Gasteiger partial charge on any atom is -0.292 e. The molecule has 1 heterocycles. The van der Waals surface area contributed by atoms with E-state index in [2.05, 4.69) is 4.98 Å². The number of aromatic nitrogens is 1. The number of ketones is 1. The third kappa shape index (κ3) is 3.52. The van der Waals surface area contributed by atoms with Crippen molar-refractivity contribution in [3.05, 3.63) is 59.4 Å². The van der Waals surface area contributed by atoms with Crippen LogP contribution in [-0.2, 0) is 9.84 Å². The molecule has 128 valence electrons. The predicted octanol–water partition coefficient (Wildman–Crippen LogP) is 4.22. The molecule has 0 unspecified atom stereocenters. The summed E-state index contributed by atoms with van der Waals surface area (Å²) in [5, 5.41) is 0.276. The predicted molar refractivity (Wildman–Crippen MR) is 96.1 cm³/mol. The first kappa shape index (κ1) is 17.4.